The molecule has 1 aromatic heterocycles. The molecule has 0 aliphatic carbocycles. The monoisotopic (exact) mass is 307 g/mol. The van der Waals surface area contributed by atoms with Crippen molar-refractivity contribution in [3.63, 3.8) is 0 Å². The van der Waals surface area contributed by atoms with Gasteiger partial charge >= 0.3 is 0 Å². The van der Waals surface area contributed by atoms with E-state index in [4.69, 9.17) is 4.98 Å². The lowest BCUT2D eigenvalue weighted by atomic mass is 9.83. The van der Waals surface area contributed by atoms with E-state index in [0.29, 0.717) is 0 Å². The fourth-order valence-corrected chi connectivity index (χ4v) is 5.22. The molecule has 0 radical (unpaired) electrons. The molecule has 2 fully saturated rings. The lowest BCUT2D eigenvalue weighted by Gasteiger charge is -2.43. The van der Waals surface area contributed by atoms with Crippen LogP contribution in [0.4, 0.5) is 0 Å². The van der Waals surface area contributed by atoms with Gasteiger partial charge in [0, 0.05) is 17.5 Å². The highest BCUT2D eigenvalue weighted by Crippen LogP contribution is 2.41. The summed E-state index contributed by atoms with van der Waals surface area (Å²) in [6.45, 7) is 10.4. The van der Waals surface area contributed by atoms with E-state index in [1.54, 1.807) is 0 Å². The molecule has 3 rings (SSSR count). The lowest BCUT2D eigenvalue weighted by molar-refractivity contribution is 0.105. The first-order valence-electron chi connectivity index (χ1n) is 8.64. The van der Waals surface area contributed by atoms with Crippen molar-refractivity contribution >= 4 is 11.3 Å². The van der Waals surface area contributed by atoms with Gasteiger partial charge in [0.1, 0.15) is 5.01 Å². The molecule has 0 bridgehead atoms. The molecule has 2 aliphatic rings. The van der Waals surface area contributed by atoms with Crippen molar-refractivity contribution in [2.75, 3.05) is 19.6 Å². The van der Waals surface area contributed by atoms with Crippen molar-refractivity contribution in [1.29, 1.82) is 0 Å². The summed E-state index contributed by atoms with van der Waals surface area (Å²) in [6.07, 6.45) is 7.48. The van der Waals surface area contributed by atoms with Crippen LogP contribution in [0, 0.1) is 6.92 Å². The summed E-state index contributed by atoms with van der Waals surface area (Å²) < 4.78 is 0. The number of hydrogen-bond donors (Lipinski definition) is 1. The highest BCUT2D eigenvalue weighted by atomic mass is 32.1. The third-order valence-corrected chi connectivity index (χ3v) is 6.48. The summed E-state index contributed by atoms with van der Waals surface area (Å²) in [5.41, 5.74) is 1.45. The van der Waals surface area contributed by atoms with Crippen LogP contribution in [-0.2, 0) is 12.0 Å². The Bertz CT molecular complexity index is 484. The Morgan fingerprint density at radius 2 is 2.24 bits per heavy atom. The molecule has 1 aromatic rings. The van der Waals surface area contributed by atoms with Gasteiger partial charge < -0.3 is 10.2 Å². The fraction of sp³-hybridized carbons (Fsp3) is 0.824. The predicted molar refractivity (Wildman–Crippen MR) is 90.0 cm³/mol. The van der Waals surface area contributed by atoms with Gasteiger partial charge in [0.15, 0.2) is 0 Å². The molecule has 3 nitrogen and oxygen atoms in total. The molecule has 118 valence electrons. The summed E-state index contributed by atoms with van der Waals surface area (Å²) in [6, 6.07) is 0.775. The number of nitrogens with one attached hydrogen (secondary N) is 1. The average Bonchev–Trinajstić information content (AvgIpc) is 3.10. The number of thiazole rings is 1. The zero-order chi connectivity index (χ0) is 14.9. The second-order valence-corrected chi connectivity index (χ2v) is 7.87. The highest BCUT2D eigenvalue weighted by Gasteiger charge is 2.44. The summed E-state index contributed by atoms with van der Waals surface area (Å²) in [5.74, 6) is 0. The number of fused-ring (bicyclic) bond motifs is 1. The predicted octanol–water partition coefficient (Wildman–Crippen LogP) is 3.47. The molecule has 0 amide bonds. The van der Waals surface area contributed by atoms with Crippen LogP contribution in [0.2, 0.25) is 0 Å². The number of piperidine rings is 1. The van der Waals surface area contributed by atoms with Gasteiger partial charge in [-0.15, -0.1) is 11.3 Å². The van der Waals surface area contributed by atoms with E-state index in [2.05, 4.69) is 31.0 Å². The molecular formula is C17H29N3S. The minimum absolute atomic E-state index is 0.143. The Kier molecular flexibility index (Phi) is 4.67. The van der Waals surface area contributed by atoms with E-state index in [-0.39, 0.29) is 5.54 Å². The van der Waals surface area contributed by atoms with Crippen LogP contribution in [0.3, 0.4) is 0 Å². The van der Waals surface area contributed by atoms with Gasteiger partial charge in [-0.05, 0) is 58.5 Å². The van der Waals surface area contributed by atoms with E-state index < -0.39 is 0 Å². The van der Waals surface area contributed by atoms with E-state index >= 15 is 0 Å². The standard InChI is InChI=1S/C17H29N3S/c1-4-9-18-17(16-19-15(5-2)13(3)21-16)8-11-20-10-6-7-14(20)12-17/h14,18H,4-12H2,1-3H3. The van der Waals surface area contributed by atoms with Crippen LogP contribution < -0.4 is 5.32 Å². The topological polar surface area (TPSA) is 28.2 Å². The van der Waals surface area contributed by atoms with Crippen molar-refractivity contribution in [3.8, 4) is 0 Å². The Labute approximate surface area is 133 Å². The van der Waals surface area contributed by atoms with Gasteiger partial charge in [0.05, 0.1) is 11.2 Å². The highest BCUT2D eigenvalue weighted by molar-refractivity contribution is 7.11. The molecule has 1 N–H and O–H groups in total. The normalized spacial score (nSPS) is 29.8. The Morgan fingerprint density at radius 1 is 1.38 bits per heavy atom. The second-order valence-electron chi connectivity index (χ2n) is 6.67. The maximum absolute atomic E-state index is 5.03. The van der Waals surface area contributed by atoms with Gasteiger partial charge in [-0.25, -0.2) is 4.98 Å². The van der Waals surface area contributed by atoms with Gasteiger partial charge in [-0.1, -0.05) is 13.8 Å². The van der Waals surface area contributed by atoms with Crippen LogP contribution >= 0.6 is 11.3 Å². The van der Waals surface area contributed by atoms with E-state index in [1.807, 2.05) is 11.3 Å². The maximum Gasteiger partial charge on any atom is 0.113 e. The first kappa shape index (κ1) is 15.4. The van der Waals surface area contributed by atoms with Crippen LogP contribution in [-0.4, -0.2) is 35.6 Å². The van der Waals surface area contributed by atoms with Crippen molar-refractivity contribution < 1.29 is 0 Å². The van der Waals surface area contributed by atoms with E-state index in [9.17, 15) is 0 Å². The Morgan fingerprint density at radius 3 is 2.95 bits per heavy atom. The van der Waals surface area contributed by atoms with Crippen LogP contribution in [0.15, 0.2) is 0 Å². The van der Waals surface area contributed by atoms with Crippen LogP contribution in [0.1, 0.15) is 61.5 Å². The summed E-state index contributed by atoms with van der Waals surface area (Å²) in [5, 5.41) is 5.26. The van der Waals surface area contributed by atoms with Crippen molar-refractivity contribution in [3.05, 3.63) is 15.6 Å². The van der Waals surface area contributed by atoms with Crippen LogP contribution in [0.5, 0.6) is 0 Å². The van der Waals surface area contributed by atoms with Crippen molar-refractivity contribution in [2.45, 2.75) is 70.9 Å². The van der Waals surface area contributed by atoms with E-state index in [0.717, 1.165) is 19.0 Å². The number of aryl methyl sites for hydroxylation is 2. The smallest absolute Gasteiger partial charge is 0.113 e. The fourth-order valence-electron chi connectivity index (χ4n) is 4.01. The number of aromatic nitrogens is 1. The van der Waals surface area contributed by atoms with Crippen LogP contribution in [0.25, 0.3) is 0 Å². The number of rotatable bonds is 5. The molecule has 0 aromatic carbocycles. The average molecular weight is 308 g/mol. The van der Waals surface area contributed by atoms with Gasteiger partial charge in [-0.3, -0.25) is 0 Å². The van der Waals surface area contributed by atoms with Gasteiger partial charge in [-0.2, -0.15) is 0 Å². The zero-order valence-corrected chi connectivity index (χ0v) is 14.6. The maximum atomic E-state index is 5.03. The quantitative estimate of drug-likeness (QED) is 0.903. The van der Waals surface area contributed by atoms with Gasteiger partial charge in [0.2, 0.25) is 0 Å². The third-order valence-electron chi connectivity index (χ3n) is 5.26. The molecule has 4 heteroatoms. The second kappa shape index (κ2) is 6.35. The van der Waals surface area contributed by atoms with Gasteiger partial charge in [0.25, 0.3) is 0 Å². The number of hydrogen-bond acceptors (Lipinski definition) is 4. The molecule has 0 saturated carbocycles. The lowest BCUT2D eigenvalue weighted by Crippen LogP contribution is -2.53. The molecule has 2 unspecified atom stereocenters. The molecule has 3 heterocycles. The minimum atomic E-state index is 0.143. The largest absolute Gasteiger partial charge is 0.305 e. The Hall–Kier alpha value is -0.450. The summed E-state index contributed by atoms with van der Waals surface area (Å²) >= 11 is 1.94. The van der Waals surface area contributed by atoms with Crippen molar-refractivity contribution in [1.82, 2.24) is 15.2 Å². The molecule has 21 heavy (non-hydrogen) atoms. The third kappa shape index (κ3) is 2.90. The molecule has 2 aliphatic heterocycles. The molecule has 0 spiro atoms. The molecule has 2 atom stereocenters. The first-order valence-corrected chi connectivity index (χ1v) is 9.46. The van der Waals surface area contributed by atoms with Crippen molar-refractivity contribution in [2.24, 2.45) is 0 Å². The first-order chi connectivity index (χ1) is 10.2. The summed E-state index contributed by atoms with van der Waals surface area (Å²) in [7, 11) is 0. The van der Waals surface area contributed by atoms with E-state index in [1.165, 1.54) is 60.8 Å². The molecule has 2 saturated heterocycles. The zero-order valence-electron chi connectivity index (χ0n) is 13.7. The Balaban J connectivity index is 1.88. The SMILES string of the molecule is CCCNC1(c2nc(CC)c(C)s2)CCN2CCCC2C1. The number of nitrogens with zero attached hydrogens (tertiary/aromatic N) is 2. The molecular weight excluding hydrogens is 278 g/mol. The summed E-state index contributed by atoms with van der Waals surface area (Å²) in [4.78, 5) is 9.15. The minimum Gasteiger partial charge on any atom is -0.305 e.